The summed E-state index contributed by atoms with van der Waals surface area (Å²) in [6.07, 6.45) is 6.68. The van der Waals surface area contributed by atoms with Crippen LogP contribution in [0.1, 0.15) is 162 Å². The summed E-state index contributed by atoms with van der Waals surface area (Å²) in [5.74, 6) is -2.86. The number of hydrogen-bond acceptors (Lipinski definition) is 20. The zero-order chi connectivity index (χ0) is 96.7. The van der Waals surface area contributed by atoms with Crippen molar-refractivity contribution < 1.29 is 66.5 Å². The highest BCUT2D eigenvalue weighted by atomic mass is 35.5. The number of nitrogens with zero attached hydrogens (tertiary/aromatic N) is 12. The van der Waals surface area contributed by atoms with Gasteiger partial charge in [0.2, 0.25) is 32.6 Å². The van der Waals surface area contributed by atoms with E-state index in [1.807, 2.05) is 83.2 Å². The molecule has 19 rings (SSSR count). The Morgan fingerprint density at radius 3 is 1.13 bits per heavy atom. The van der Waals surface area contributed by atoms with Crippen LogP contribution >= 0.6 is 23.2 Å². The molecule has 6 aliphatic heterocycles. The van der Waals surface area contributed by atoms with Crippen molar-refractivity contribution in [2.24, 2.45) is 0 Å². The highest BCUT2D eigenvalue weighted by Gasteiger charge is 2.36. The van der Waals surface area contributed by atoms with Crippen molar-refractivity contribution in [2.45, 2.75) is 175 Å². The number of halogens is 8. The van der Waals surface area contributed by atoms with Crippen LogP contribution in [0.15, 0.2) is 224 Å². The van der Waals surface area contributed by atoms with Gasteiger partial charge in [-0.1, -0.05) is 95.5 Å². The van der Waals surface area contributed by atoms with Crippen molar-refractivity contribution in [3.63, 3.8) is 0 Å². The number of fused-ring (bicyclic) bond motifs is 7. The molecule has 6 aromatic carbocycles. The van der Waals surface area contributed by atoms with Gasteiger partial charge < -0.3 is 67.5 Å². The highest BCUT2D eigenvalue weighted by Crippen LogP contribution is 2.43. The van der Waals surface area contributed by atoms with Crippen LogP contribution in [0.3, 0.4) is 0 Å². The Morgan fingerprint density at radius 1 is 0.385 bits per heavy atom. The molecule has 0 amide bonds. The number of ether oxygens (including phenoxy) is 2. The minimum atomic E-state index is -4.34. The van der Waals surface area contributed by atoms with Crippen LogP contribution < -0.4 is 42.0 Å². The van der Waals surface area contributed by atoms with Gasteiger partial charge in [0, 0.05) is 246 Å². The molecule has 0 saturated carbocycles. The summed E-state index contributed by atoms with van der Waals surface area (Å²) < 4.78 is 101. The van der Waals surface area contributed by atoms with Gasteiger partial charge in [0.05, 0.1) is 62.5 Å². The van der Waals surface area contributed by atoms with Crippen molar-refractivity contribution in [1.29, 1.82) is 0 Å². The lowest BCUT2D eigenvalue weighted by Crippen LogP contribution is -2.37. The summed E-state index contributed by atoms with van der Waals surface area (Å²) in [4.78, 5) is 82.9. The molecule has 0 saturated heterocycles. The fraction of sp³-hybridized carbons (Fsp3) is 0.347. The van der Waals surface area contributed by atoms with Gasteiger partial charge in [-0.3, -0.25) is 58.2 Å². The number of aromatic nitrogens is 6. The third-order valence-electron chi connectivity index (χ3n) is 26.4. The van der Waals surface area contributed by atoms with Gasteiger partial charge in [0.1, 0.15) is 17.3 Å². The topological polar surface area (TPSA) is 291 Å². The number of methoxy groups -OCH3 is 2. The Kier molecular flexibility index (Phi) is 31.0. The number of aromatic hydroxyl groups is 6. The molecule has 0 radical (unpaired) electrons. The van der Waals surface area contributed by atoms with E-state index in [1.54, 1.807) is 50.2 Å². The second-order valence-corrected chi connectivity index (χ2v) is 35.6. The monoisotopic (exact) mass is 1900 g/mol. The predicted molar refractivity (Wildman–Crippen MR) is 501 cm³/mol. The molecule has 12 heterocycles. The van der Waals surface area contributed by atoms with Crippen LogP contribution in [0.5, 0.6) is 46.0 Å². The zero-order valence-corrected chi connectivity index (χ0v) is 77.4. The largest absolute Gasteiger partial charge is 0.503 e. The summed E-state index contributed by atoms with van der Waals surface area (Å²) >= 11 is 12.4. The number of alkyl halides is 3. The zero-order valence-electron chi connectivity index (χ0n) is 75.9. The molecule has 7 aliphatic rings. The Hall–Kier alpha value is -12.7. The van der Waals surface area contributed by atoms with E-state index in [1.165, 1.54) is 83.4 Å². The van der Waals surface area contributed by atoms with Gasteiger partial charge in [-0.15, -0.1) is 0 Å². The molecule has 12 aromatic rings. The summed E-state index contributed by atoms with van der Waals surface area (Å²) in [5.41, 5.74) is 10.4. The molecule has 34 heteroatoms. The quantitative estimate of drug-likeness (QED) is 0.0462. The molecule has 135 heavy (non-hydrogen) atoms. The number of benzene rings is 6. The highest BCUT2D eigenvalue weighted by molar-refractivity contribution is 6.31. The number of rotatable bonds is 13. The first-order chi connectivity index (χ1) is 64.4. The second kappa shape index (κ2) is 42.5. The third kappa shape index (κ3) is 23.0. The summed E-state index contributed by atoms with van der Waals surface area (Å²) in [6.45, 7) is 24.5. The first-order valence-electron chi connectivity index (χ1n) is 44.5. The third-order valence-corrected chi connectivity index (χ3v) is 27.0. The Labute approximate surface area is 785 Å². The smallest absolute Gasteiger partial charge is 0.416 e. The standard InChI is InChI=1S/C18H22N2O4.C17H17ClN2O2.C17H17F3N2O2.C17H20N2O2.C16H17ClN2O2.C16H15F3N2O2/c1-12(18-16(23-2)5-4-6-17(18)24-3)19-7-8-20-11-15(22)14(21)9-13(20)10-19;18-14-3-1-2-13-12(14)4-5-15(13)20-7-6-19-10-17(22)16(21)8-11(19)9-20;1-11(12-2-4-13(5-3-12)17(18,19)20)21-6-7-22-10-16(24)15(23)8-14(22)9-21;1-12-4-3-5-14(8-12)13(2)18-6-7-19-11-17(21)16(20)9-15(19)10-18;1-11(12-3-2-4-13(17)7-12)18-5-6-19-10-16(21)15(20)8-14(19)9-18;1-9(12-4-10(17)5-13(18)16(12)19)20-2-3-21-8-15(23)14(22)6-11(21)7-20/h4-6,9,11-12,22H,7-8,10H2,1-3H3;1-3,8,10,15,22H,4-7,9H2;2-5,8,10-11,24H,6-7,9H2,1H3;3-5,8-9,11,13,21H,6-7,10H2,1-2H3;2-4,7-8,10-11,21H,5-6,9H2,1H3;4-6,8-9,23H,2-3,7H2,1H3. The number of pyridine rings is 6. The molecule has 0 bridgehead atoms. The minimum absolute atomic E-state index is 0.0583. The lowest BCUT2D eigenvalue weighted by molar-refractivity contribution is -0.137. The van der Waals surface area contributed by atoms with E-state index in [2.05, 4.69) is 88.6 Å². The first-order valence-corrected chi connectivity index (χ1v) is 45.2. The minimum Gasteiger partial charge on any atom is -0.503 e. The average molecular weight is 1900 g/mol. The molecule has 6 N–H and O–H groups in total. The van der Waals surface area contributed by atoms with Gasteiger partial charge >= 0.3 is 6.18 Å². The van der Waals surface area contributed by atoms with Crippen molar-refractivity contribution in [2.75, 3.05) is 53.5 Å². The molecular weight excluding hydrogens is 1790 g/mol. The molecule has 0 fully saturated rings. The molecule has 6 aromatic heterocycles. The molecular formula is C101H108Cl2F6N12O14. The fourth-order valence-corrected chi connectivity index (χ4v) is 19.0. The lowest BCUT2D eigenvalue weighted by Gasteiger charge is -2.35. The van der Waals surface area contributed by atoms with Crippen molar-refractivity contribution in [3.05, 3.63) is 368 Å². The van der Waals surface area contributed by atoms with Crippen molar-refractivity contribution in [1.82, 2.24) is 56.8 Å². The van der Waals surface area contributed by atoms with E-state index in [0.717, 1.165) is 157 Å². The Balaban J connectivity index is 0.000000130. The van der Waals surface area contributed by atoms with E-state index >= 15 is 0 Å². The van der Waals surface area contributed by atoms with Crippen LogP contribution in [0.25, 0.3) is 0 Å². The molecule has 26 nitrogen and oxygen atoms in total. The Morgan fingerprint density at radius 2 is 0.741 bits per heavy atom. The van der Waals surface area contributed by atoms with E-state index in [-0.39, 0.29) is 79.9 Å². The second-order valence-electron chi connectivity index (χ2n) is 34.8. The molecule has 6 atom stereocenters. The van der Waals surface area contributed by atoms with Crippen molar-refractivity contribution >= 4 is 23.2 Å². The SMILES string of the molecule is CC(c1cc(F)cc(F)c1F)N1CCn2cc(O)c(=O)cc2C1.CC(c1ccc(C(F)(F)F)cc1)N1CCn2cc(O)c(=O)cc2C1.CC(c1cccc(Cl)c1)N1CCn2cc(O)c(=O)cc2C1.COc1cccc(OC)c1C(C)N1CCn2cc(O)c(=O)cc2C1.Cc1cccc(C(C)N2CCn3cc(O)c(=O)cc3C2)c1.O=c1cc2n(cc1O)CCN(C1CCc3c(Cl)cccc31)C2. The number of aryl methyl sites for hydroxylation is 1. The molecule has 712 valence electrons. The van der Waals surface area contributed by atoms with Crippen LogP contribution in [-0.2, 0) is 91.1 Å². The van der Waals surface area contributed by atoms with Crippen molar-refractivity contribution in [3.8, 4) is 46.0 Å². The van der Waals surface area contributed by atoms with Crippen LogP contribution in [0.2, 0.25) is 10.0 Å². The maximum atomic E-state index is 13.9. The average Bonchev–Trinajstić information content (AvgIpc) is 1.72. The van der Waals surface area contributed by atoms with Crippen LogP contribution in [0.4, 0.5) is 26.3 Å². The maximum absolute atomic E-state index is 13.9. The first kappa shape index (κ1) is 98.3. The molecule has 6 unspecified atom stereocenters. The summed E-state index contributed by atoms with van der Waals surface area (Å²) in [6, 6.07) is 44.1. The normalized spacial score (nSPS) is 17.0. The van der Waals surface area contributed by atoms with E-state index in [4.69, 9.17) is 32.7 Å². The Bertz CT molecular complexity index is 6580. The summed E-state index contributed by atoms with van der Waals surface area (Å²) in [5, 5.41) is 58.7. The molecule has 1 aliphatic carbocycles. The van der Waals surface area contributed by atoms with Crippen LogP contribution in [0, 0.1) is 24.4 Å². The van der Waals surface area contributed by atoms with Gasteiger partial charge in [-0.25, -0.2) is 13.2 Å². The fourth-order valence-electron chi connectivity index (χ4n) is 18.5. The molecule has 0 spiro atoms. The van der Waals surface area contributed by atoms with E-state index in [9.17, 15) is 85.7 Å². The van der Waals surface area contributed by atoms with Gasteiger partial charge in [-0.05, 0) is 131 Å². The number of hydrogen-bond donors (Lipinski definition) is 6. The van der Waals surface area contributed by atoms with Crippen LogP contribution in [-0.4, -0.2) is 141 Å². The van der Waals surface area contributed by atoms with E-state index in [0.29, 0.717) is 82.7 Å². The van der Waals surface area contributed by atoms with Gasteiger partial charge in [0.25, 0.3) is 0 Å². The van der Waals surface area contributed by atoms with E-state index < -0.39 is 46.1 Å². The lowest BCUT2D eigenvalue weighted by atomic mass is 10.0. The van der Waals surface area contributed by atoms with Gasteiger partial charge in [0.15, 0.2) is 46.1 Å². The summed E-state index contributed by atoms with van der Waals surface area (Å²) in [7, 11) is 3.30. The predicted octanol–water partition coefficient (Wildman–Crippen LogP) is 15.8. The van der Waals surface area contributed by atoms with Gasteiger partial charge in [-0.2, -0.15) is 13.2 Å². The maximum Gasteiger partial charge on any atom is 0.416 e.